The fourth-order valence-electron chi connectivity index (χ4n) is 10.3. The molecule has 7 bridgehead atoms. The molecular formula is C31H48O4. The second-order valence-corrected chi connectivity index (χ2v) is 15.4. The largest absolute Gasteiger partial charge is 0.459 e. The number of ether oxygens (including phenoxy) is 2. The zero-order chi connectivity index (χ0) is 24.9. The van der Waals surface area contributed by atoms with Gasteiger partial charge in [-0.05, 0) is 134 Å². The summed E-state index contributed by atoms with van der Waals surface area (Å²) < 4.78 is 13.1. The highest BCUT2D eigenvalue weighted by Crippen LogP contribution is 2.66. The standard InChI is InChI=1S/C31H48O4/c1-6-27(2,3)25(32)35-31-16-21-11-22(17-31)14-29(13-21,19-31)26(33)34-28(4,5)30-10-9-23-8-7-20(15-30)12-24(23)18-30/h20-24H,6-19H2,1-5H3. The van der Waals surface area contributed by atoms with Crippen LogP contribution in [-0.2, 0) is 19.1 Å². The van der Waals surface area contributed by atoms with Crippen molar-refractivity contribution in [1.29, 1.82) is 0 Å². The van der Waals surface area contributed by atoms with Gasteiger partial charge in [0.1, 0.15) is 11.2 Å². The zero-order valence-electron chi connectivity index (χ0n) is 22.9. The topological polar surface area (TPSA) is 52.6 Å². The van der Waals surface area contributed by atoms with E-state index in [4.69, 9.17) is 9.47 Å². The Hall–Kier alpha value is -1.06. The van der Waals surface area contributed by atoms with Crippen LogP contribution in [0.4, 0.5) is 0 Å². The molecule has 0 radical (unpaired) electrons. The van der Waals surface area contributed by atoms with Crippen molar-refractivity contribution < 1.29 is 19.1 Å². The summed E-state index contributed by atoms with van der Waals surface area (Å²) in [5.41, 5.74) is -1.69. The predicted octanol–water partition coefficient (Wildman–Crippen LogP) is 7.23. The molecule has 4 heteroatoms. The minimum Gasteiger partial charge on any atom is -0.459 e. The molecule has 0 spiro atoms. The van der Waals surface area contributed by atoms with Gasteiger partial charge in [-0.15, -0.1) is 0 Å². The first-order chi connectivity index (χ1) is 16.4. The van der Waals surface area contributed by atoms with E-state index < -0.39 is 22.0 Å². The van der Waals surface area contributed by atoms with Crippen LogP contribution in [0.5, 0.6) is 0 Å². The predicted molar refractivity (Wildman–Crippen MR) is 135 cm³/mol. The van der Waals surface area contributed by atoms with Crippen molar-refractivity contribution in [1.82, 2.24) is 0 Å². The lowest BCUT2D eigenvalue weighted by Crippen LogP contribution is -2.62. The van der Waals surface area contributed by atoms with Crippen molar-refractivity contribution >= 4 is 11.9 Å². The summed E-state index contributed by atoms with van der Waals surface area (Å²) in [6.45, 7) is 10.5. The Balaban J connectivity index is 1.23. The number of rotatable bonds is 6. The molecule has 0 heterocycles. The Kier molecular flexibility index (Phi) is 5.36. The van der Waals surface area contributed by atoms with E-state index in [1.807, 2.05) is 20.8 Å². The fraction of sp³-hybridized carbons (Fsp3) is 0.935. The summed E-state index contributed by atoms with van der Waals surface area (Å²) in [5.74, 6) is 3.48. The maximum atomic E-state index is 14.2. The van der Waals surface area contributed by atoms with E-state index >= 15 is 0 Å². The van der Waals surface area contributed by atoms with Gasteiger partial charge in [-0.25, -0.2) is 0 Å². The van der Waals surface area contributed by atoms with Gasteiger partial charge in [-0.2, -0.15) is 0 Å². The number of fused-ring (bicyclic) bond motifs is 2. The molecule has 0 amide bonds. The second kappa shape index (κ2) is 7.73. The average Bonchev–Trinajstić information content (AvgIpc) is 2.76. The van der Waals surface area contributed by atoms with Crippen molar-refractivity contribution in [3.8, 4) is 0 Å². The van der Waals surface area contributed by atoms with Crippen molar-refractivity contribution in [2.75, 3.05) is 0 Å². The molecule has 7 saturated carbocycles. The van der Waals surface area contributed by atoms with Crippen LogP contribution >= 0.6 is 0 Å². The van der Waals surface area contributed by atoms with E-state index in [0.29, 0.717) is 18.3 Å². The molecule has 4 nitrogen and oxygen atoms in total. The lowest BCUT2D eigenvalue weighted by molar-refractivity contribution is -0.233. The summed E-state index contributed by atoms with van der Waals surface area (Å²) >= 11 is 0. The van der Waals surface area contributed by atoms with Crippen molar-refractivity contribution in [3.05, 3.63) is 0 Å². The smallest absolute Gasteiger partial charge is 0.312 e. The molecule has 7 aliphatic carbocycles. The van der Waals surface area contributed by atoms with Gasteiger partial charge in [0.2, 0.25) is 0 Å². The lowest BCUT2D eigenvalue weighted by atomic mass is 9.47. The third-order valence-electron chi connectivity index (χ3n) is 12.4. The third-order valence-corrected chi connectivity index (χ3v) is 12.4. The van der Waals surface area contributed by atoms with Gasteiger partial charge >= 0.3 is 11.9 Å². The molecule has 0 aliphatic heterocycles. The number of carbonyl (C=O) groups excluding carboxylic acids is 2. The van der Waals surface area contributed by atoms with Crippen LogP contribution in [0.3, 0.4) is 0 Å². The molecule has 0 aromatic heterocycles. The number of hydrogen-bond donors (Lipinski definition) is 0. The molecule has 7 rings (SSSR count). The van der Waals surface area contributed by atoms with Crippen LogP contribution in [0.25, 0.3) is 0 Å². The van der Waals surface area contributed by atoms with E-state index in [1.165, 1.54) is 51.4 Å². The molecular weight excluding hydrogens is 436 g/mol. The van der Waals surface area contributed by atoms with Gasteiger partial charge in [-0.1, -0.05) is 13.3 Å². The van der Waals surface area contributed by atoms with Crippen molar-refractivity contribution in [2.45, 2.75) is 136 Å². The number of esters is 2. The van der Waals surface area contributed by atoms with Gasteiger partial charge in [0.25, 0.3) is 0 Å². The van der Waals surface area contributed by atoms with Gasteiger partial charge in [0.15, 0.2) is 0 Å². The SMILES string of the molecule is CCC(C)(C)C(=O)OC12CC3CC(C1)CC(C(=O)OC(C)(C)C14CCC5CCC(CC5C1)C4)(C3)C2. The van der Waals surface area contributed by atoms with Gasteiger partial charge in [-0.3, -0.25) is 9.59 Å². The highest BCUT2D eigenvalue weighted by molar-refractivity contribution is 5.79. The third kappa shape index (κ3) is 3.73. The van der Waals surface area contributed by atoms with Crippen LogP contribution in [0.2, 0.25) is 0 Å². The molecule has 0 N–H and O–H groups in total. The Morgan fingerprint density at radius 2 is 1.54 bits per heavy atom. The Morgan fingerprint density at radius 3 is 2.23 bits per heavy atom. The normalized spacial score (nSPS) is 45.9. The molecule has 0 saturated heterocycles. The molecule has 196 valence electrons. The highest BCUT2D eigenvalue weighted by atomic mass is 16.6. The van der Waals surface area contributed by atoms with Gasteiger partial charge < -0.3 is 9.47 Å². The fourth-order valence-corrected chi connectivity index (χ4v) is 10.3. The molecule has 35 heavy (non-hydrogen) atoms. The van der Waals surface area contributed by atoms with E-state index in [1.54, 1.807) is 0 Å². The van der Waals surface area contributed by atoms with Crippen LogP contribution in [0.1, 0.15) is 125 Å². The summed E-state index contributed by atoms with van der Waals surface area (Å²) in [5, 5.41) is 0. The number of carbonyl (C=O) groups is 2. The highest BCUT2D eigenvalue weighted by Gasteiger charge is 2.65. The van der Waals surface area contributed by atoms with Gasteiger partial charge in [0, 0.05) is 11.8 Å². The molecule has 7 aliphatic rings. The molecule has 7 fully saturated rings. The lowest BCUT2D eigenvalue weighted by Gasteiger charge is -2.62. The Labute approximate surface area is 212 Å². The Bertz CT molecular complexity index is 884. The summed E-state index contributed by atoms with van der Waals surface area (Å²) in [6, 6.07) is 0. The van der Waals surface area contributed by atoms with Crippen LogP contribution in [0, 0.1) is 45.8 Å². The molecule has 6 atom stereocenters. The van der Waals surface area contributed by atoms with Crippen LogP contribution in [-0.4, -0.2) is 23.1 Å². The summed E-state index contributed by atoms with van der Waals surface area (Å²) in [6.07, 6.45) is 15.6. The Morgan fingerprint density at radius 1 is 0.829 bits per heavy atom. The molecule has 0 aromatic rings. The average molecular weight is 485 g/mol. The first-order valence-electron chi connectivity index (χ1n) is 14.9. The monoisotopic (exact) mass is 484 g/mol. The van der Waals surface area contributed by atoms with E-state index in [9.17, 15) is 9.59 Å². The second-order valence-electron chi connectivity index (χ2n) is 15.4. The zero-order valence-corrected chi connectivity index (χ0v) is 22.9. The minimum absolute atomic E-state index is 0.0269. The van der Waals surface area contributed by atoms with Crippen LogP contribution in [0.15, 0.2) is 0 Å². The maximum Gasteiger partial charge on any atom is 0.312 e. The maximum absolute atomic E-state index is 14.2. The first-order valence-corrected chi connectivity index (χ1v) is 14.9. The summed E-state index contributed by atoms with van der Waals surface area (Å²) in [7, 11) is 0. The quantitative estimate of drug-likeness (QED) is 0.373. The molecule has 6 unspecified atom stereocenters. The minimum atomic E-state index is -0.476. The first kappa shape index (κ1) is 24.3. The van der Waals surface area contributed by atoms with E-state index in [0.717, 1.165) is 49.9 Å². The van der Waals surface area contributed by atoms with Crippen LogP contribution < -0.4 is 0 Å². The van der Waals surface area contributed by atoms with Gasteiger partial charge in [0.05, 0.1) is 10.8 Å². The van der Waals surface area contributed by atoms with Crippen molar-refractivity contribution in [2.24, 2.45) is 45.8 Å². The van der Waals surface area contributed by atoms with E-state index in [-0.39, 0.29) is 17.4 Å². The number of hydrogen-bond acceptors (Lipinski definition) is 4. The van der Waals surface area contributed by atoms with E-state index in [2.05, 4.69) is 13.8 Å². The van der Waals surface area contributed by atoms with Crippen molar-refractivity contribution in [3.63, 3.8) is 0 Å². The molecule has 0 aromatic carbocycles. The summed E-state index contributed by atoms with van der Waals surface area (Å²) in [4.78, 5) is 27.3.